The Morgan fingerprint density at radius 2 is 2.36 bits per heavy atom. The van der Waals surface area contributed by atoms with Crippen LogP contribution in [0, 0.1) is 6.92 Å². The molecule has 1 aromatic rings. The predicted molar refractivity (Wildman–Crippen MR) is 44.3 cm³/mol. The van der Waals surface area contributed by atoms with Gasteiger partial charge in [0.15, 0.2) is 0 Å². The Kier molecular flexibility index (Phi) is 1.43. The maximum Gasteiger partial charge on any atom is 0.0453 e. The number of aryl methyl sites for hydroxylation is 1. The van der Waals surface area contributed by atoms with E-state index in [9.17, 15) is 0 Å². The first kappa shape index (κ1) is 6.80. The van der Waals surface area contributed by atoms with Crippen LogP contribution in [-0.4, -0.2) is 11.0 Å². The summed E-state index contributed by atoms with van der Waals surface area (Å²) in [7, 11) is 0. The lowest BCUT2D eigenvalue weighted by molar-refractivity contribution is 0.941. The Balaban J connectivity index is 2.25. The molecule has 0 bridgehead atoms. The number of nitrogens with zero attached hydrogens (tertiary/aromatic N) is 1. The molecule has 2 nitrogen and oxygen atoms in total. The Labute approximate surface area is 66.4 Å². The molecule has 1 aliphatic carbocycles. The van der Waals surface area contributed by atoms with Crippen molar-refractivity contribution in [2.75, 3.05) is 0 Å². The molecule has 0 spiro atoms. The van der Waals surface area contributed by atoms with Gasteiger partial charge in [-0.1, -0.05) is 0 Å². The lowest BCUT2D eigenvalue weighted by Crippen LogP contribution is -2.02. The fourth-order valence-electron chi connectivity index (χ4n) is 1.32. The quantitative estimate of drug-likeness (QED) is 0.650. The average Bonchev–Trinajstić information content (AvgIpc) is 2.67. The first-order valence-electron chi connectivity index (χ1n) is 3.95. The molecule has 1 aliphatic rings. The Morgan fingerprint density at radius 3 is 2.91 bits per heavy atom. The van der Waals surface area contributed by atoms with Crippen molar-refractivity contribution in [1.82, 2.24) is 4.98 Å². The predicted octanol–water partition coefficient (Wildman–Crippen LogP) is 1.20. The summed E-state index contributed by atoms with van der Waals surface area (Å²) < 4.78 is 0. The normalized spacial score (nSPS) is 28.5. The summed E-state index contributed by atoms with van der Waals surface area (Å²) in [5.41, 5.74) is 8.15. The van der Waals surface area contributed by atoms with Crippen LogP contribution in [0.1, 0.15) is 23.6 Å². The highest BCUT2D eigenvalue weighted by Gasteiger charge is 2.35. The number of hydrogen-bond donors (Lipinski definition) is 1. The number of rotatable bonds is 1. The fourth-order valence-corrected chi connectivity index (χ4v) is 1.32. The summed E-state index contributed by atoms with van der Waals surface area (Å²) in [6.07, 6.45) is 2.96. The molecule has 11 heavy (non-hydrogen) atoms. The molecular formula is C9H12N2. The Bertz CT molecular complexity index is 270. The molecule has 0 aliphatic heterocycles. The van der Waals surface area contributed by atoms with Gasteiger partial charge in [-0.05, 0) is 31.0 Å². The fraction of sp³-hybridized carbons (Fsp3) is 0.444. The molecule has 1 heterocycles. The maximum absolute atomic E-state index is 5.71. The highest BCUT2D eigenvalue weighted by Crippen LogP contribution is 2.37. The summed E-state index contributed by atoms with van der Waals surface area (Å²) in [6, 6.07) is 4.50. The minimum absolute atomic E-state index is 0.365. The second-order valence-electron chi connectivity index (χ2n) is 3.26. The summed E-state index contributed by atoms with van der Waals surface area (Å²) in [5, 5.41) is 0. The zero-order valence-electron chi connectivity index (χ0n) is 6.62. The Morgan fingerprint density at radius 1 is 1.64 bits per heavy atom. The van der Waals surface area contributed by atoms with Gasteiger partial charge in [0.1, 0.15) is 0 Å². The topological polar surface area (TPSA) is 38.9 Å². The van der Waals surface area contributed by atoms with Crippen LogP contribution < -0.4 is 5.73 Å². The SMILES string of the molecule is Cc1ccnc([C@@H]2C[C@H]2N)c1. The van der Waals surface area contributed by atoms with Crippen LogP contribution in [0.2, 0.25) is 0 Å². The molecule has 2 heteroatoms. The molecule has 0 saturated heterocycles. The van der Waals surface area contributed by atoms with Gasteiger partial charge in [-0.25, -0.2) is 0 Å². The second-order valence-corrected chi connectivity index (χ2v) is 3.26. The van der Waals surface area contributed by atoms with E-state index in [0.29, 0.717) is 12.0 Å². The van der Waals surface area contributed by atoms with Crippen LogP contribution >= 0.6 is 0 Å². The smallest absolute Gasteiger partial charge is 0.0453 e. The van der Waals surface area contributed by atoms with Crippen LogP contribution in [0.15, 0.2) is 18.3 Å². The van der Waals surface area contributed by atoms with Crippen molar-refractivity contribution in [3.63, 3.8) is 0 Å². The van der Waals surface area contributed by atoms with Crippen molar-refractivity contribution in [2.24, 2.45) is 5.73 Å². The lowest BCUT2D eigenvalue weighted by Gasteiger charge is -1.97. The van der Waals surface area contributed by atoms with Crippen molar-refractivity contribution in [3.05, 3.63) is 29.6 Å². The Hall–Kier alpha value is -0.890. The molecule has 58 valence electrons. The van der Waals surface area contributed by atoms with Crippen LogP contribution in [0.3, 0.4) is 0 Å². The van der Waals surface area contributed by atoms with Gasteiger partial charge >= 0.3 is 0 Å². The molecule has 0 aromatic carbocycles. The van der Waals surface area contributed by atoms with E-state index in [4.69, 9.17) is 5.73 Å². The molecule has 0 radical (unpaired) electrons. The molecule has 2 atom stereocenters. The number of pyridine rings is 1. The highest BCUT2D eigenvalue weighted by molar-refractivity contribution is 5.24. The molecule has 1 saturated carbocycles. The van der Waals surface area contributed by atoms with Crippen LogP contribution in [-0.2, 0) is 0 Å². The van der Waals surface area contributed by atoms with E-state index in [1.165, 1.54) is 5.56 Å². The minimum atomic E-state index is 0.365. The van der Waals surface area contributed by atoms with E-state index < -0.39 is 0 Å². The summed E-state index contributed by atoms with van der Waals surface area (Å²) in [6.45, 7) is 2.08. The molecule has 0 unspecified atom stereocenters. The van der Waals surface area contributed by atoms with Gasteiger partial charge in [-0.15, -0.1) is 0 Å². The summed E-state index contributed by atoms with van der Waals surface area (Å²) >= 11 is 0. The lowest BCUT2D eigenvalue weighted by atomic mass is 10.2. The molecule has 1 fully saturated rings. The standard InChI is InChI=1S/C9H12N2/c1-6-2-3-11-9(4-6)7-5-8(7)10/h2-4,7-8H,5,10H2,1H3/t7-,8-/m1/s1. The second kappa shape index (κ2) is 2.31. The zero-order chi connectivity index (χ0) is 7.84. The van der Waals surface area contributed by atoms with E-state index in [0.717, 1.165) is 12.1 Å². The zero-order valence-corrected chi connectivity index (χ0v) is 6.62. The molecule has 2 rings (SSSR count). The number of hydrogen-bond acceptors (Lipinski definition) is 2. The van der Waals surface area contributed by atoms with Gasteiger partial charge in [0.2, 0.25) is 0 Å². The van der Waals surface area contributed by atoms with Gasteiger partial charge in [-0.3, -0.25) is 4.98 Å². The summed E-state index contributed by atoms with van der Waals surface area (Å²) in [5.74, 6) is 0.537. The maximum atomic E-state index is 5.71. The van der Waals surface area contributed by atoms with Gasteiger partial charge in [0.05, 0.1) is 0 Å². The van der Waals surface area contributed by atoms with E-state index in [1.807, 2.05) is 12.3 Å². The largest absolute Gasteiger partial charge is 0.327 e. The monoisotopic (exact) mass is 148 g/mol. The number of nitrogens with two attached hydrogens (primary N) is 1. The van der Waals surface area contributed by atoms with Gasteiger partial charge in [0.25, 0.3) is 0 Å². The molecule has 2 N–H and O–H groups in total. The van der Waals surface area contributed by atoms with Crippen molar-refractivity contribution in [1.29, 1.82) is 0 Å². The first-order valence-corrected chi connectivity index (χ1v) is 3.95. The van der Waals surface area contributed by atoms with Crippen LogP contribution in [0.5, 0.6) is 0 Å². The van der Waals surface area contributed by atoms with Crippen molar-refractivity contribution >= 4 is 0 Å². The molecule has 1 aromatic heterocycles. The molecular weight excluding hydrogens is 136 g/mol. The third-order valence-electron chi connectivity index (χ3n) is 2.16. The van der Waals surface area contributed by atoms with Crippen LogP contribution in [0.4, 0.5) is 0 Å². The van der Waals surface area contributed by atoms with Crippen molar-refractivity contribution < 1.29 is 0 Å². The van der Waals surface area contributed by atoms with Crippen molar-refractivity contribution in [3.8, 4) is 0 Å². The van der Waals surface area contributed by atoms with E-state index in [-0.39, 0.29) is 0 Å². The van der Waals surface area contributed by atoms with Crippen LogP contribution in [0.25, 0.3) is 0 Å². The van der Waals surface area contributed by atoms with E-state index >= 15 is 0 Å². The third kappa shape index (κ3) is 1.26. The minimum Gasteiger partial charge on any atom is -0.327 e. The van der Waals surface area contributed by atoms with Gasteiger partial charge in [0, 0.05) is 23.9 Å². The summed E-state index contributed by atoms with van der Waals surface area (Å²) in [4.78, 5) is 4.27. The van der Waals surface area contributed by atoms with Gasteiger partial charge < -0.3 is 5.73 Å². The van der Waals surface area contributed by atoms with Gasteiger partial charge in [-0.2, -0.15) is 0 Å². The van der Waals surface area contributed by atoms with E-state index in [1.54, 1.807) is 0 Å². The highest BCUT2D eigenvalue weighted by atomic mass is 14.8. The van der Waals surface area contributed by atoms with Crippen molar-refractivity contribution in [2.45, 2.75) is 25.3 Å². The van der Waals surface area contributed by atoms with E-state index in [2.05, 4.69) is 18.0 Å². The first-order chi connectivity index (χ1) is 5.27. The average molecular weight is 148 g/mol. The third-order valence-corrected chi connectivity index (χ3v) is 2.16. The molecule has 0 amide bonds. The number of aromatic nitrogens is 1.